The molecule has 0 spiro atoms. The van der Waals surface area contributed by atoms with Gasteiger partial charge >= 0.3 is 6.18 Å². The predicted octanol–water partition coefficient (Wildman–Crippen LogP) is 1.89. The van der Waals surface area contributed by atoms with E-state index in [4.69, 9.17) is 0 Å². The average Bonchev–Trinajstić information content (AvgIpc) is 2.61. The number of halogens is 4. The van der Waals surface area contributed by atoms with Crippen molar-refractivity contribution in [1.82, 2.24) is 15.1 Å². The summed E-state index contributed by atoms with van der Waals surface area (Å²) in [6.07, 6.45) is -1.90. The molecule has 22 heavy (non-hydrogen) atoms. The highest BCUT2D eigenvalue weighted by Crippen LogP contribution is 2.21. The van der Waals surface area contributed by atoms with Crippen LogP contribution in [0.2, 0.25) is 0 Å². The van der Waals surface area contributed by atoms with Gasteiger partial charge in [-0.3, -0.25) is 9.69 Å². The Bertz CT molecular complexity index is 368. The van der Waals surface area contributed by atoms with Crippen molar-refractivity contribution < 1.29 is 18.0 Å². The van der Waals surface area contributed by atoms with Gasteiger partial charge in [-0.05, 0) is 32.7 Å². The number of nitrogens with one attached hydrogen (secondary N) is 1. The van der Waals surface area contributed by atoms with Crippen molar-refractivity contribution in [3.05, 3.63) is 0 Å². The van der Waals surface area contributed by atoms with E-state index in [-0.39, 0.29) is 24.2 Å². The number of hydrogen-bond acceptors (Lipinski definition) is 3. The van der Waals surface area contributed by atoms with E-state index in [1.165, 1.54) is 4.90 Å². The van der Waals surface area contributed by atoms with Gasteiger partial charge in [0.15, 0.2) is 0 Å². The summed E-state index contributed by atoms with van der Waals surface area (Å²) < 4.78 is 37.3. The smallest absolute Gasteiger partial charge is 0.341 e. The van der Waals surface area contributed by atoms with Crippen LogP contribution in [0.15, 0.2) is 0 Å². The normalized spacial score (nSPS) is 27.9. The van der Waals surface area contributed by atoms with Gasteiger partial charge in [0.25, 0.3) is 0 Å². The summed E-state index contributed by atoms with van der Waals surface area (Å²) in [6, 6.07) is 0.335. The van der Waals surface area contributed by atoms with E-state index >= 15 is 0 Å². The van der Waals surface area contributed by atoms with Crippen LogP contribution in [0.3, 0.4) is 0 Å². The number of carbonyl (C=O) groups excluding carboxylic acids is 1. The Hall–Kier alpha value is -0.530. The lowest BCUT2D eigenvalue weighted by atomic mass is 9.92. The number of rotatable bonds is 2. The van der Waals surface area contributed by atoms with Crippen molar-refractivity contribution in [2.45, 2.75) is 38.4 Å². The van der Waals surface area contributed by atoms with Crippen LogP contribution in [0.5, 0.6) is 0 Å². The molecular weight excluding hydrogens is 319 g/mol. The second kappa shape index (κ2) is 8.36. The monoisotopic (exact) mass is 343 g/mol. The molecule has 0 aromatic carbocycles. The largest absolute Gasteiger partial charge is 0.401 e. The van der Waals surface area contributed by atoms with Crippen LogP contribution in [0, 0.1) is 5.92 Å². The number of nitrogens with zero attached hydrogens (tertiary/aromatic N) is 2. The molecule has 0 aromatic heterocycles. The standard InChI is InChI=1S/C14H24F3N3O.ClH/c1-11-9-12(3-4-18-11)13(21)20-6-2-5-19(7-8-20)10-14(15,16)17;/h11-12,18H,2-10H2,1H3;1H/t11-,12-;/m0./s1. The van der Waals surface area contributed by atoms with E-state index in [2.05, 4.69) is 12.2 Å². The molecule has 0 saturated carbocycles. The zero-order valence-electron chi connectivity index (χ0n) is 12.9. The fraction of sp³-hybridized carbons (Fsp3) is 0.929. The summed E-state index contributed by atoms with van der Waals surface area (Å²) in [5, 5.41) is 3.31. The van der Waals surface area contributed by atoms with Crippen molar-refractivity contribution in [3.63, 3.8) is 0 Å². The van der Waals surface area contributed by atoms with Gasteiger partial charge in [-0.15, -0.1) is 12.4 Å². The minimum Gasteiger partial charge on any atom is -0.341 e. The average molecular weight is 344 g/mol. The van der Waals surface area contributed by atoms with Gasteiger partial charge in [-0.25, -0.2) is 0 Å². The Kier molecular flexibility index (Phi) is 7.41. The highest BCUT2D eigenvalue weighted by atomic mass is 35.5. The summed E-state index contributed by atoms with van der Waals surface area (Å²) in [6.45, 7) is 3.73. The number of alkyl halides is 3. The van der Waals surface area contributed by atoms with Gasteiger partial charge < -0.3 is 10.2 Å². The molecule has 2 aliphatic rings. The van der Waals surface area contributed by atoms with Gasteiger partial charge in [-0.1, -0.05) is 0 Å². The molecule has 0 aliphatic carbocycles. The first-order valence-corrected chi connectivity index (χ1v) is 7.66. The Labute approximate surface area is 135 Å². The number of piperidine rings is 1. The molecule has 1 amide bonds. The molecule has 0 aromatic rings. The van der Waals surface area contributed by atoms with Crippen LogP contribution in [-0.2, 0) is 4.79 Å². The van der Waals surface area contributed by atoms with Crippen molar-refractivity contribution >= 4 is 18.3 Å². The van der Waals surface area contributed by atoms with E-state index in [0.29, 0.717) is 38.6 Å². The lowest BCUT2D eigenvalue weighted by Crippen LogP contribution is -2.45. The zero-order valence-corrected chi connectivity index (χ0v) is 13.7. The highest BCUT2D eigenvalue weighted by Gasteiger charge is 2.33. The van der Waals surface area contributed by atoms with Gasteiger partial charge in [0.2, 0.25) is 5.91 Å². The molecule has 0 radical (unpaired) electrons. The van der Waals surface area contributed by atoms with E-state index in [9.17, 15) is 18.0 Å². The first-order chi connectivity index (χ1) is 9.85. The Morgan fingerprint density at radius 1 is 1.23 bits per heavy atom. The fourth-order valence-electron chi connectivity index (χ4n) is 3.22. The van der Waals surface area contributed by atoms with Crippen molar-refractivity contribution in [2.75, 3.05) is 39.3 Å². The molecule has 2 saturated heterocycles. The molecule has 0 unspecified atom stereocenters. The summed E-state index contributed by atoms with van der Waals surface area (Å²) in [5.74, 6) is 0.146. The van der Waals surface area contributed by atoms with Crippen LogP contribution in [0.1, 0.15) is 26.2 Å². The molecule has 4 nitrogen and oxygen atoms in total. The fourth-order valence-corrected chi connectivity index (χ4v) is 3.22. The van der Waals surface area contributed by atoms with Gasteiger partial charge in [-0.2, -0.15) is 13.2 Å². The summed E-state index contributed by atoms with van der Waals surface area (Å²) >= 11 is 0. The molecule has 0 bridgehead atoms. The molecule has 1 N–H and O–H groups in total. The number of hydrogen-bond donors (Lipinski definition) is 1. The second-order valence-corrected chi connectivity index (χ2v) is 6.15. The van der Waals surface area contributed by atoms with Crippen LogP contribution < -0.4 is 5.32 Å². The van der Waals surface area contributed by atoms with Gasteiger partial charge in [0.05, 0.1) is 6.54 Å². The Morgan fingerprint density at radius 2 is 1.95 bits per heavy atom. The predicted molar refractivity (Wildman–Crippen MR) is 81.1 cm³/mol. The van der Waals surface area contributed by atoms with Crippen LogP contribution in [0.4, 0.5) is 13.2 Å². The maximum Gasteiger partial charge on any atom is 0.401 e. The molecule has 2 heterocycles. The topological polar surface area (TPSA) is 35.6 Å². The Balaban J connectivity index is 0.00000242. The maximum absolute atomic E-state index is 12.5. The van der Waals surface area contributed by atoms with Crippen molar-refractivity contribution in [3.8, 4) is 0 Å². The third-order valence-corrected chi connectivity index (χ3v) is 4.28. The molecule has 2 fully saturated rings. The van der Waals surface area contributed by atoms with Crippen LogP contribution in [0.25, 0.3) is 0 Å². The molecule has 130 valence electrons. The van der Waals surface area contributed by atoms with Crippen LogP contribution >= 0.6 is 12.4 Å². The minimum absolute atomic E-state index is 0. The minimum atomic E-state index is -4.16. The SMILES string of the molecule is C[C@H]1C[C@@H](C(=O)N2CCCN(CC(F)(F)F)CC2)CCN1.Cl. The van der Waals surface area contributed by atoms with Crippen molar-refractivity contribution in [2.24, 2.45) is 5.92 Å². The Morgan fingerprint density at radius 3 is 2.59 bits per heavy atom. The molecule has 2 atom stereocenters. The highest BCUT2D eigenvalue weighted by molar-refractivity contribution is 5.85. The molecule has 2 rings (SSSR count). The third-order valence-electron chi connectivity index (χ3n) is 4.28. The van der Waals surface area contributed by atoms with Crippen molar-refractivity contribution in [1.29, 1.82) is 0 Å². The van der Waals surface area contributed by atoms with Gasteiger partial charge in [0, 0.05) is 38.1 Å². The first kappa shape index (κ1) is 19.5. The first-order valence-electron chi connectivity index (χ1n) is 7.66. The number of carbonyl (C=O) groups is 1. The molecule has 2 aliphatic heterocycles. The van der Waals surface area contributed by atoms with Gasteiger partial charge in [0.1, 0.15) is 0 Å². The molecule has 8 heteroatoms. The summed E-state index contributed by atoms with van der Waals surface area (Å²) in [5.41, 5.74) is 0. The number of amides is 1. The maximum atomic E-state index is 12.5. The van der Waals surface area contributed by atoms with Crippen LogP contribution in [-0.4, -0.2) is 67.2 Å². The zero-order chi connectivity index (χ0) is 15.5. The summed E-state index contributed by atoms with van der Waals surface area (Å²) in [7, 11) is 0. The summed E-state index contributed by atoms with van der Waals surface area (Å²) in [4.78, 5) is 15.7. The quantitative estimate of drug-likeness (QED) is 0.831. The van der Waals surface area contributed by atoms with E-state index in [1.807, 2.05) is 0 Å². The molecular formula is C14H25ClF3N3O. The van der Waals surface area contributed by atoms with E-state index < -0.39 is 12.7 Å². The van der Waals surface area contributed by atoms with E-state index in [1.54, 1.807) is 4.90 Å². The lowest BCUT2D eigenvalue weighted by molar-refractivity contribution is -0.145. The third kappa shape index (κ3) is 5.93. The lowest BCUT2D eigenvalue weighted by Gasteiger charge is -2.31. The van der Waals surface area contributed by atoms with E-state index in [0.717, 1.165) is 19.4 Å². The second-order valence-electron chi connectivity index (χ2n) is 6.15.